The van der Waals surface area contributed by atoms with E-state index in [2.05, 4.69) is 9.37 Å². The molecule has 0 saturated heterocycles. The SMILES string of the molecule is O=S(CCOC12CC3CC(CC(C3)C1)C2)c1c(F)c(F)c(SOO[O-])c(F)c1F. The predicted octanol–water partition coefficient (Wildman–Crippen LogP) is 3.57. The van der Waals surface area contributed by atoms with Gasteiger partial charge in [0.15, 0.2) is 23.3 Å². The van der Waals surface area contributed by atoms with Crippen molar-refractivity contribution < 1.29 is 41.1 Å². The topological polar surface area (TPSA) is 67.8 Å². The molecule has 1 aromatic carbocycles. The molecule has 0 aliphatic heterocycles. The van der Waals surface area contributed by atoms with Crippen LogP contribution in [0, 0.1) is 41.0 Å². The number of rotatable bonds is 8. The van der Waals surface area contributed by atoms with Crippen molar-refractivity contribution in [2.45, 2.75) is 53.9 Å². The lowest BCUT2D eigenvalue weighted by Gasteiger charge is -2.56. The molecule has 162 valence electrons. The minimum Gasteiger partial charge on any atom is -0.691 e. The van der Waals surface area contributed by atoms with Gasteiger partial charge in [-0.1, -0.05) is 0 Å². The van der Waals surface area contributed by atoms with E-state index in [4.69, 9.17) is 4.74 Å². The molecule has 0 radical (unpaired) electrons. The average Bonchev–Trinajstić information content (AvgIpc) is 2.65. The van der Waals surface area contributed by atoms with Crippen molar-refractivity contribution in [3.8, 4) is 0 Å². The first-order valence-electron chi connectivity index (χ1n) is 9.35. The Hall–Kier alpha value is -0.720. The fourth-order valence-electron chi connectivity index (χ4n) is 5.56. The molecule has 5 nitrogen and oxygen atoms in total. The quantitative estimate of drug-likeness (QED) is 0.196. The van der Waals surface area contributed by atoms with Crippen molar-refractivity contribution in [3.63, 3.8) is 0 Å². The largest absolute Gasteiger partial charge is 0.691 e. The zero-order chi connectivity index (χ0) is 20.8. The van der Waals surface area contributed by atoms with Gasteiger partial charge in [0.1, 0.15) is 9.79 Å². The first-order chi connectivity index (χ1) is 13.8. The molecule has 5 rings (SSSR count). The van der Waals surface area contributed by atoms with Gasteiger partial charge in [0.05, 0.1) is 40.8 Å². The minimum absolute atomic E-state index is 0.0233. The monoisotopic (exact) mass is 455 g/mol. The minimum atomic E-state index is -2.35. The first-order valence-corrected chi connectivity index (χ1v) is 11.4. The molecule has 4 aliphatic carbocycles. The summed E-state index contributed by atoms with van der Waals surface area (Å²) in [5, 5.41) is 12.7. The van der Waals surface area contributed by atoms with Crippen molar-refractivity contribution in [2.24, 2.45) is 17.8 Å². The highest BCUT2D eigenvalue weighted by Crippen LogP contribution is 2.57. The summed E-state index contributed by atoms with van der Waals surface area (Å²) in [6, 6.07) is 0. The fraction of sp³-hybridized carbons (Fsp3) is 0.667. The summed E-state index contributed by atoms with van der Waals surface area (Å²) in [6.45, 7) is -0.0233. The maximum atomic E-state index is 14.2. The van der Waals surface area contributed by atoms with Crippen LogP contribution in [0.25, 0.3) is 0 Å². The van der Waals surface area contributed by atoms with Gasteiger partial charge in [-0.3, -0.25) is 9.25 Å². The summed E-state index contributed by atoms with van der Waals surface area (Å²) in [4.78, 5) is -2.43. The molecule has 4 bridgehead atoms. The molecule has 0 N–H and O–H groups in total. The van der Waals surface area contributed by atoms with E-state index in [1.807, 2.05) is 0 Å². The molecule has 4 fully saturated rings. The van der Waals surface area contributed by atoms with E-state index in [1.54, 1.807) is 0 Å². The van der Waals surface area contributed by atoms with Crippen LogP contribution in [0.2, 0.25) is 0 Å². The Labute approximate surface area is 171 Å². The van der Waals surface area contributed by atoms with Gasteiger partial charge in [0, 0.05) is 0 Å². The number of benzene rings is 1. The van der Waals surface area contributed by atoms with E-state index in [9.17, 15) is 27.0 Å². The summed E-state index contributed by atoms with van der Waals surface area (Å²) < 4.78 is 78.6. The van der Waals surface area contributed by atoms with E-state index >= 15 is 0 Å². The van der Waals surface area contributed by atoms with Gasteiger partial charge >= 0.3 is 0 Å². The molecule has 1 atom stereocenters. The highest BCUT2D eigenvalue weighted by atomic mass is 32.2. The Morgan fingerprint density at radius 2 is 1.48 bits per heavy atom. The number of hydrogen-bond acceptors (Lipinski definition) is 6. The number of halogens is 4. The molecule has 4 aliphatic rings. The maximum Gasteiger partial charge on any atom is 0.179 e. The second-order valence-electron chi connectivity index (χ2n) is 8.13. The maximum absolute atomic E-state index is 14.2. The zero-order valence-electron chi connectivity index (χ0n) is 15.3. The normalized spacial score (nSPS) is 31.4. The second kappa shape index (κ2) is 8.43. The fourth-order valence-corrected chi connectivity index (χ4v) is 7.00. The van der Waals surface area contributed by atoms with E-state index < -0.39 is 43.9 Å². The Bertz CT molecular complexity index is 758. The van der Waals surface area contributed by atoms with Gasteiger partial charge in [-0.15, -0.1) is 0 Å². The summed E-state index contributed by atoms with van der Waals surface area (Å²) in [6.07, 6.45) is 6.46. The molecule has 0 heterocycles. The Morgan fingerprint density at radius 3 is 1.97 bits per heavy atom. The molecular weight excluding hydrogens is 436 g/mol. The van der Waals surface area contributed by atoms with Gasteiger partial charge in [-0.05, 0) is 56.3 Å². The zero-order valence-corrected chi connectivity index (χ0v) is 16.9. The van der Waals surface area contributed by atoms with Crippen LogP contribution in [0.3, 0.4) is 0 Å². The molecule has 0 spiro atoms. The van der Waals surface area contributed by atoms with Gasteiger partial charge in [0.2, 0.25) is 0 Å². The molecule has 4 saturated carbocycles. The highest BCUT2D eigenvalue weighted by Gasteiger charge is 2.51. The van der Waals surface area contributed by atoms with Crippen LogP contribution in [0.5, 0.6) is 0 Å². The van der Waals surface area contributed by atoms with Crippen molar-refractivity contribution in [1.29, 1.82) is 0 Å². The van der Waals surface area contributed by atoms with Crippen LogP contribution in [0.1, 0.15) is 38.5 Å². The Kier molecular flexibility index (Phi) is 6.25. The number of hydrogen-bond donors (Lipinski definition) is 0. The van der Waals surface area contributed by atoms with Gasteiger partial charge < -0.3 is 9.99 Å². The smallest absolute Gasteiger partial charge is 0.179 e. The summed E-state index contributed by atoms with van der Waals surface area (Å²) >= 11 is -0.316. The third-order valence-corrected chi connectivity index (χ3v) is 8.21. The third kappa shape index (κ3) is 4.09. The molecule has 29 heavy (non-hydrogen) atoms. The Balaban J connectivity index is 1.44. The second-order valence-corrected chi connectivity index (χ2v) is 10.4. The van der Waals surface area contributed by atoms with Crippen molar-refractivity contribution in [1.82, 2.24) is 0 Å². The average molecular weight is 455 g/mol. The van der Waals surface area contributed by atoms with E-state index in [1.165, 1.54) is 19.3 Å². The summed E-state index contributed by atoms with van der Waals surface area (Å²) in [5.41, 5.74) is -0.275. The molecule has 1 aromatic rings. The van der Waals surface area contributed by atoms with Crippen LogP contribution in [0.15, 0.2) is 9.79 Å². The molecule has 11 heteroatoms. The van der Waals surface area contributed by atoms with Gasteiger partial charge in [-0.25, -0.2) is 17.6 Å². The van der Waals surface area contributed by atoms with Crippen LogP contribution in [-0.4, -0.2) is 22.2 Å². The molecule has 0 aromatic heterocycles. The van der Waals surface area contributed by atoms with Crippen LogP contribution >= 0.6 is 12.0 Å². The highest BCUT2D eigenvalue weighted by molar-refractivity contribution is 7.94. The predicted molar refractivity (Wildman–Crippen MR) is 92.4 cm³/mol. The van der Waals surface area contributed by atoms with Crippen LogP contribution in [-0.2, 0) is 24.9 Å². The summed E-state index contributed by atoms with van der Waals surface area (Å²) in [7, 11) is -2.35. The van der Waals surface area contributed by atoms with E-state index in [0.29, 0.717) is 17.8 Å². The Morgan fingerprint density at radius 1 is 0.966 bits per heavy atom. The summed E-state index contributed by atoms with van der Waals surface area (Å²) in [5.74, 6) is -5.60. The number of ether oxygens (including phenoxy) is 1. The first kappa shape index (κ1) is 21.5. The molecule has 1 unspecified atom stereocenters. The van der Waals surface area contributed by atoms with E-state index in [0.717, 1.165) is 19.3 Å². The third-order valence-electron chi connectivity index (χ3n) is 6.21. The van der Waals surface area contributed by atoms with Crippen LogP contribution in [0.4, 0.5) is 17.6 Å². The van der Waals surface area contributed by atoms with Crippen LogP contribution < -0.4 is 5.26 Å². The lowest BCUT2D eigenvalue weighted by atomic mass is 9.54. The lowest BCUT2D eigenvalue weighted by Crippen LogP contribution is -2.52. The molecule has 0 amide bonds. The van der Waals surface area contributed by atoms with Crippen molar-refractivity contribution >= 4 is 22.8 Å². The molecular formula is C18H19F4O5S2-. The van der Waals surface area contributed by atoms with Crippen molar-refractivity contribution in [2.75, 3.05) is 12.4 Å². The van der Waals surface area contributed by atoms with Crippen molar-refractivity contribution in [3.05, 3.63) is 23.3 Å². The standard InChI is InChI=1S/C18H20F4O5S2/c19-12-14(21)17(15(22)13(20)16(12)28-27-26-23)29(24)2-1-25-18-6-9-3-10(7-18)5-11(4-9)8-18/h9-11,23H,1-8H2/p-1. The lowest BCUT2D eigenvalue weighted by molar-refractivity contribution is -0.777. The van der Waals surface area contributed by atoms with E-state index in [-0.39, 0.29) is 30.0 Å². The van der Waals surface area contributed by atoms with Gasteiger partial charge in [-0.2, -0.15) is 4.33 Å². The van der Waals surface area contributed by atoms with Gasteiger partial charge in [0.25, 0.3) is 0 Å².